The molecule has 0 aliphatic rings. The first-order valence-electron chi connectivity index (χ1n) is 6.54. The highest BCUT2D eigenvalue weighted by molar-refractivity contribution is 5.96. The standard InChI is InChI=1S/C15H13N3O4/c1-2-21-15(20)12-9-22-14(18-12)10-5-3-4-6-11(10)17-13(19)7-8-16/h3-6,9H,2,7H2,1H3,(H,17,19). The number of ether oxygens (including phenoxy) is 1. The highest BCUT2D eigenvalue weighted by Gasteiger charge is 2.17. The van der Waals surface area contributed by atoms with Crippen molar-refractivity contribution in [3.63, 3.8) is 0 Å². The van der Waals surface area contributed by atoms with Crippen LogP contribution in [0.2, 0.25) is 0 Å². The Labute approximate surface area is 126 Å². The molecule has 112 valence electrons. The van der Waals surface area contributed by atoms with E-state index in [1.54, 1.807) is 37.3 Å². The van der Waals surface area contributed by atoms with E-state index < -0.39 is 11.9 Å². The summed E-state index contributed by atoms with van der Waals surface area (Å²) in [6.07, 6.45) is 0.940. The fraction of sp³-hybridized carbons (Fsp3) is 0.200. The molecule has 0 fully saturated rings. The molecule has 1 amide bonds. The molecule has 0 saturated carbocycles. The van der Waals surface area contributed by atoms with Crippen molar-refractivity contribution in [1.29, 1.82) is 5.26 Å². The normalized spacial score (nSPS) is 9.82. The van der Waals surface area contributed by atoms with Crippen LogP contribution in [-0.2, 0) is 9.53 Å². The van der Waals surface area contributed by atoms with E-state index in [1.165, 1.54) is 6.26 Å². The Morgan fingerprint density at radius 1 is 1.41 bits per heavy atom. The molecule has 1 N–H and O–H groups in total. The number of nitrogens with zero attached hydrogens (tertiary/aromatic N) is 2. The molecule has 1 aromatic carbocycles. The lowest BCUT2D eigenvalue weighted by Crippen LogP contribution is -2.11. The fourth-order valence-electron chi connectivity index (χ4n) is 1.74. The monoisotopic (exact) mass is 299 g/mol. The third kappa shape index (κ3) is 3.49. The van der Waals surface area contributed by atoms with Crippen molar-refractivity contribution in [2.45, 2.75) is 13.3 Å². The Hall–Kier alpha value is -3.14. The molecule has 0 aliphatic heterocycles. The van der Waals surface area contributed by atoms with E-state index in [2.05, 4.69) is 10.3 Å². The average molecular weight is 299 g/mol. The van der Waals surface area contributed by atoms with Crippen molar-refractivity contribution in [2.24, 2.45) is 0 Å². The molecule has 7 nitrogen and oxygen atoms in total. The maximum Gasteiger partial charge on any atom is 0.360 e. The Bertz CT molecular complexity index is 730. The van der Waals surface area contributed by atoms with Crippen LogP contribution >= 0.6 is 0 Å². The number of anilines is 1. The summed E-state index contributed by atoms with van der Waals surface area (Å²) in [5, 5.41) is 11.1. The van der Waals surface area contributed by atoms with Gasteiger partial charge < -0.3 is 14.5 Å². The molecule has 1 aromatic heterocycles. The molecule has 0 saturated heterocycles. The van der Waals surface area contributed by atoms with E-state index in [0.717, 1.165) is 0 Å². The molecule has 0 spiro atoms. The summed E-state index contributed by atoms with van der Waals surface area (Å²) in [6.45, 7) is 1.93. The number of nitrogens with one attached hydrogen (secondary N) is 1. The van der Waals surface area contributed by atoms with Crippen molar-refractivity contribution < 1.29 is 18.7 Å². The van der Waals surface area contributed by atoms with Crippen molar-refractivity contribution in [1.82, 2.24) is 4.98 Å². The lowest BCUT2D eigenvalue weighted by Gasteiger charge is -2.06. The molecule has 1 heterocycles. The van der Waals surface area contributed by atoms with Gasteiger partial charge in [0.2, 0.25) is 11.8 Å². The van der Waals surface area contributed by atoms with Gasteiger partial charge in [0.15, 0.2) is 5.69 Å². The number of hydrogen-bond donors (Lipinski definition) is 1. The number of hydrogen-bond acceptors (Lipinski definition) is 6. The second kappa shape index (κ2) is 7.04. The number of rotatable bonds is 5. The number of amides is 1. The minimum Gasteiger partial charge on any atom is -0.461 e. The lowest BCUT2D eigenvalue weighted by molar-refractivity contribution is -0.115. The Kier molecular flexibility index (Phi) is 4.88. The second-order valence-electron chi connectivity index (χ2n) is 4.19. The third-order valence-corrected chi connectivity index (χ3v) is 2.66. The third-order valence-electron chi connectivity index (χ3n) is 2.66. The topological polar surface area (TPSA) is 105 Å². The van der Waals surface area contributed by atoms with Crippen LogP contribution in [0.3, 0.4) is 0 Å². The molecule has 0 bridgehead atoms. The predicted octanol–water partition coefficient (Wildman–Crippen LogP) is 2.37. The molecule has 0 atom stereocenters. The smallest absolute Gasteiger partial charge is 0.360 e. The van der Waals surface area contributed by atoms with Gasteiger partial charge in [-0.2, -0.15) is 5.26 Å². The van der Waals surface area contributed by atoms with E-state index in [0.29, 0.717) is 11.3 Å². The van der Waals surface area contributed by atoms with Crippen molar-refractivity contribution in [3.8, 4) is 17.5 Å². The van der Waals surface area contributed by atoms with Gasteiger partial charge in [0, 0.05) is 0 Å². The van der Waals surface area contributed by atoms with E-state index in [1.807, 2.05) is 0 Å². The van der Waals surface area contributed by atoms with E-state index >= 15 is 0 Å². The van der Waals surface area contributed by atoms with Gasteiger partial charge in [0.05, 0.1) is 23.9 Å². The first-order valence-corrected chi connectivity index (χ1v) is 6.54. The molecule has 0 unspecified atom stereocenters. The number of oxazole rings is 1. The maximum absolute atomic E-state index is 11.6. The predicted molar refractivity (Wildman–Crippen MR) is 76.8 cm³/mol. The van der Waals surface area contributed by atoms with E-state index in [4.69, 9.17) is 14.4 Å². The summed E-state index contributed by atoms with van der Waals surface area (Å²) >= 11 is 0. The quantitative estimate of drug-likeness (QED) is 0.850. The molecular formula is C15H13N3O4. The summed E-state index contributed by atoms with van der Waals surface area (Å²) < 4.78 is 10.1. The first-order chi connectivity index (χ1) is 10.7. The van der Waals surface area contributed by atoms with Gasteiger partial charge in [-0.1, -0.05) is 12.1 Å². The Balaban J connectivity index is 2.28. The highest BCUT2D eigenvalue weighted by atomic mass is 16.5. The zero-order valence-corrected chi connectivity index (χ0v) is 11.8. The number of benzene rings is 1. The molecule has 0 aliphatic carbocycles. The average Bonchev–Trinajstić information content (AvgIpc) is 2.98. The molecule has 22 heavy (non-hydrogen) atoms. The van der Waals surface area contributed by atoms with Gasteiger partial charge in [0.25, 0.3) is 0 Å². The molecule has 7 heteroatoms. The number of carbonyl (C=O) groups is 2. The number of esters is 1. The zero-order chi connectivity index (χ0) is 15.9. The van der Waals surface area contributed by atoms with Crippen LogP contribution in [-0.4, -0.2) is 23.5 Å². The minimum absolute atomic E-state index is 0.0509. The van der Waals surface area contributed by atoms with Crippen LogP contribution in [0.4, 0.5) is 5.69 Å². The van der Waals surface area contributed by atoms with Gasteiger partial charge in [-0.25, -0.2) is 9.78 Å². The van der Waals surface area contributed by atoms with Crippen LogP contribution in [0.25, 0.3) is 11.5 Å². The van der Waals surface area contributed by atoms with Crippen LogP contribution in [0.5, 0.6) is 0 Å². The summed E-state index contributed by atoms with van der Waals surface area (Å²) in [6, 6.07) is 8.57. The Morgan fingerprint density at radius 3 is 2.91 bits per heavy atom. The molecule has 2 rings (SSSR count). The van der Waals surface area contributed by atoms with Crippen LogP contribution < -0.4 is 5.32 Å². The number of aromatic nitrogens is 1. The van der Waals surface area contributed by atoms with Crippen molar-refractivity contribution in [3.05, 3.63) is 36.2 Å². The molecule has 2 aromatic rings. The summed E-state index contributed by atoms with van der Waals surface area (Å²) in [5.41, 5.74) is 0.999. The Morgan fingerprint density at radius 2 is 2.18 bits per heavy atom. The molecule has 0 radical (unpaired) electrons. The van der Waals surface area contributed by atoms with Gasteiger partial charge in [-0.05, 0) is 19.1 Å². The van der Waals surface area contributed by atoms with Gasteiger partial charge in [-0.15, -0.1) is 0 Å². The fourth-order valence-corrected chi connectivity index (χ4v) is 1.74. The second-order valence-corrected chi connectivity index (χ2v) is 4.19. The number of carbonyl (C=O) groups excluding carboxylic acids is 2. The van der Waals surface area contributed by atoms with Gasteiger partial charge in [0.1, 0.15) is 12.7 Å². The summed E-state index contributed by atoms with van der Waals surface area (Å²) in [5.74, 6) is -0.841. The summed E-state index contributed by atoms with van der Waals surface area (Å²) in [7, 11) is 0. The summed E-state index contributed by atoms with van der Waals surface area (Å²) in [4.78, 5) is 27.2. The van der Waals surface area contributed by atoms with Crippen LogP contribution in [0, 0.1) is 11.3 Å². The number of para-hydroxylation sites is 1. The van der Waals surface area contributed by atoms with Crippen LogP contribution in [0.1, 0.15) is 23.8 Å². The minimum atomic E-state index is -0.580. The van der Waals surface area contributed by atoms with Crippen molar-refractivity contribution >= 4 is 17.6 Å². The maximum atomic E-state index is 11.6. The van der Waals surface area contributed by atoms with Crippen molar-refractivity contribution in [2.75, 3.05) is 11.9 Å². The molecular weight excluding hydrogens is 286 g/mol. The SMILES string of the molecule is CCOC(=O)c1coc(-c2ccccc2NC(=O)CC#N)n1. The van der Waals surface area contributed by atoms with E-state index in [9.17, 15) is 9.59 Å². The van der Waals surface area contributed by atoms with Gasteiger partial charge in [-0.3, -0.25) is 4.79 Å². The lowest BCUT2D eigenvalue weighted by atomic mass is 10.1. The van der Waals surface area contributed by atoms with Crippen LogP contribution in [0.15, 0.2) is 34.9 Å². The zero-order valence-electron chi connectivity index (χ0n) is 11.8. The first kappa shape index (κ1) is 15.3. The number of nitriles is 1. The van der Waals surface area contributed by atoms with Gasteiger partial charge >= 0.3 is 5.97 Å². The largest absolute Gasteiger partial charge is 0.461 e. The highest BCUT2D eigenvalue weighted by Crippen LogP contribution is 2.27. The van der Waals surface area contributed by atoms with E-state index in [-0.39, 0.29) is 24.6 Å².